The quantitative estimate of drug-likeness (QED) is 0.137. The summed E-state index contributed by atoms with van der Waals surface area (Å²) in [6, 6.07) is 74.7. The highest BCUT2D eigenvalue weighted by molar-refractivity contribution is 7.68. The Morgan fingerprint density at radius 3 is 0.694 bits per heavy atom. The Kier molecular flexibility index (Phi) is 13.5. The van der Waals surface area contributed by atoms with E-state index in [4.69, 9.17) is 18.1 Å². The zero-order valence-electron chi connectivity index (χ0n) is 48.9. The molecule has 0 saturated heterocycles. The SMILES string of the molecule is CC(C)c1ccccc1-c1cc2ccccc2c2c1OP(=O)(NP1(=O)Oc3c(-c4ccccc4C(C)C)cc4ccccc4c3-c3c(c(-c4ccccc4C(C)C)cc4ccccc34)O1)Oc1c(-c3ccccc3C(C)C)cc3ccccc3c1-2. The van der Waals surface area contributed by atoms with E-state index in [-0.39, 0.29) is 23.7 Å². The molecule has 12 aromatic carbocycles. The normalized spacial score (nSPS) is 14.1. The molecule has 0 radical (unpaired) electrons. The van der Waals surface area contributed by atoms with Gasteiger partial charge in [0, 0.05) is 44.5 Å². The molecule has 2 aliphatic heterocycles. The monoisotopic (exact) mass is 1150 g/mol. The van der Waals surface area contributed by atoms with Crippen LogP contribution in [0.3, 0.4) is 0 Å². The van der Waals surface area contributed by atoms with E-state index >= 15 is 9.13 Å². The van der Waals surface area contributed by atoms with Crippen LogP contribution in [0.25, 0.3) is 110 Å². The summed E-state index contributed by atoms with van der Waals surface area (Å²) in [5.41, 5.74) is 13.4. The topological polar surface area (TPSA) is 83.1 Å². The fourth-order valence-electron chi connectivity index (χ4n) is 13.2. The van der Waals surface area contributed by atoms with Gasteiger partial charge in [-0.25, -0.2) is 9.13 Å². The summed E-state index contributed by atoms with van der Waals surface area (Å²) in [4.78, 5) is 3.13. The van der Waals surface area contributed by atoms with Gasteiger partial charge in [0.15, 0.2) is 0 Å². The van der Waals surface area contributed by atoms with Crippen LogP contribution in [0.15, 0.2) is 218 Å². The lowest BCUT2D eigenvalue weighted by Gasteiger charge is -2.27. The van der Waals surface area contributed by atoms with Gasteiger partial charge in [-0.1, -0.05) is 254 Å². The molecule has 0 spiro atoms. The first-order chi connectivity index (χ1) is 41.2. The van der Waals surface area contributed by atoms with Crippen molar-refractivity contribution in [2.75, 3.05) is 0 Å². The Morgan fingerprint density at radius 2 is 0.471 bits per heavy atom. The molecule has 0 aromatic heterocycles. The second kappa shape index (κ2) is 21.1. The van der Waals surface area contributed by atoms with Gasteiger partial charge in [-0.15, -0.1) is 0 Å². The van der Waals surface area contributed by atoms with Gasteiger partial charge in [0.25, 0.3) is 0 Å². The van der Waals surface area contributed by atoms with Crippen molar-refractivity contribution in [2.24, 2.45) is 0 Å². The van der Waals surface area contributed by atoms with Crippen molar-refractivity contribution in [1.29, 1.82) is 0 Å². The molecule has 85 heavy (non-hydrogen) atoms. The van der Waals surface area contributed by atoms with E-state index < -0.39 is 15.5 Å². The predicted octanol–water partition coefficient (Wildman–Crippen LogP) is 22.8. The first-order valence-electron chi connectivity index (χ1n) is 29.6. The molecule has 14 rings (SSSR count). The zero-order valence-corrected chi connectivity index (χ0v) is 50.7. The van der Waals surface area contributed by atoms with Gasteiger partial charge >= 0.3 is 15.5 Å². The van der Waals surface area contributed by atoms with Crippen LogP contribution in [0.4, 0.5) is 0 Å². The average Bonchev–Trinajstić information content (AvgIpc) is 1.98. The first-order valence-corrected chi connectivity index (χ1v) is 32.6. The second-order valence-electron chi connectivity index (χ2n) is 23.8. The molecule has 0 bridgehead atoms. The molecule has 2 heterocycles. The Morgan fingerprint density at radius 1 is 0.271 bits per heavy atom. The summed E-state index contributed by atoms with van der Waals surface area (Å²) >= 11 is 0. The smallest absolute Gasteiger partial charge is 0.403 e. The molecule has 1 N–H and O–H groups in total. The van der Waals surface area contributed by atoms with E-state index in [9.17, 15) is 0 Å². The fraction of sp³-hybridized carbons (Fsp3) is 0.158. The van der Waals surface area contributed by atoms with Crippen molar-refractivity contribution < 1.29 is 27.2 Å². The van der Waals surface area contributed by atoms with Gasteiger partial charge in [0.2, 0.25) is 0 Å². The van der Waals surface area contributed by atoms with E-state index in [2.05, 4.69) is 182 Å². The molecule has 0 unspecified atom stereocenters. The highest BCUT2D eigenvalue weighted by Gasteiger charge is 2.50. The molecule has 0 saturated carbocycles. The molecule has 0 aliphatic carbocycles. The lowest BCUT2D eigenvalue weighted by atomic mass is 9.84. The fourth-order valence-corrected chi connectivity index (χ4v) is 16.9. The number of nitrogens with one attached hydrogen (secondary N) is 1. The molecule has 9 heteroatoms. The van der Waals surface area contributed by atoms with Gasteiger partial charge in [0.05, 0.1) is 0 Å². The molecule has 7 nitrogen and oxygen atoms in total. The Bertz CT molecular complexity index is 4210. The van der Waals surface area contributed by atoms with Crippen LogP contribution in [0.5, 0.6) is 23.0 Å². The molecule has 420 valence electrons. The number of benzene rings is 12. The highest BCUT2D eigenvalue weighted by Crippen LogP contribution is 2.69. The lowest BCUT2D eigenvalue weighted by molar-refractivity contribution is 0.359. The van der Waals surface area contributed by atoms with Gasteiger partial charge in [-0.3, -0.25) is 0 Å². The minimum absolute atomic E-state index is 0.0958. The maximum atomic E-state index is 17.6. The van der Waals surface area contributed by atoms with Crippen LogP contribution in [-0.4, -0.2) is 0 Å². The zero-order chi connectivity index (χ0) is 58.5. The minimum Gasteiger partial charge on any atom is -0.403 e. The van der Waals surface area contributed by atoms with Crippen molar-refractivity contribution in [3.8, 4) is 89.8 Å². The van der Waals surface area contributed by atoms with Gasteiger partial charge < -0.3 is 18.1 Å². The molecule has 0 fully saturated rings. The van der Waals surface area contributed by atoms with Crippen molar-refractivity contribution in [3.63, 3.8) is 0 Å². The molecular weight excluding hydrogens is 1080 g/mol. The standard InChI is InChI=1S/C76H65NO6P2/c1-45(2)53-29-17-21-37-61(53)65-41-49-25-9-13-33-57(49)69-70-58-34-14-10-26-50(58)42-66(62-38-22-18-30-54(62)46(3)4)74(70)81-84(78,80-73(65)69)77-85(79)82-75-67(63-39-23-19-31-55(63)47(5)6)43-51-27-11-15-35-59(51)71(75)72-60-36-16-12-28-52(60)44-68(76(72)83-85)64-40-24-20-32-56(64)48(7)8/h9-48H,1-8H3,(H,77,78,79). The lowest BCUT2D eigenvalue weighted by Crippen LogP contribution is -2.22. The van der Waals surface area contributed by atoms with Crippen molar-refractivity contribution in [2.45, 2.75) is 79.1 Å². The first kappa shape index (κ1) is 54.3. The van der Waals surface area contributed by atoms with Crippen LogP contribution in [0, 0.1) is 0 Å². The van der Waals surface area contributed by atoms with Crippen LogP contribution in [0.2, 0.25) is 0 Å². The summed E-state index contributed by atoms with van der Waals surface area (Å²) in [6.45, 7) is 17.4. The van der Waals surface area contributed by atoms with E-state index in [1.807, 2.05) is 97.1 Å². The number of rotatable bonds is 10. The van der Waals surface area contributed by atoms with Gasteiger partial charge in [-0.05, 0) is 136 Å². The number of hydrogen-bond acceptors (Lipinski definition) is 6. The molecule has 0 amide bonds. The summed E-state index contributed by atoms with van der Waals surface area (Å²) in [6.07, 6.45) is 0. The van der Waals surface area contributed by atoms with Crippen molar-refractivity contribution in [3.05, 3.63) is 241 Å². The molecule has 0 atom stereocenters. The van der Waals surface area contributed by atoms with E-state index in [1.165, 1.54) is 0 Å². The summed E-state index contributed by atoms with van der Waals surface area (Å²) in [5, 5.41) is 7.24. The van der Waals surface area contributed by atoms with Crippen LogP contribution >= 0.6 is 15.5 Å². The van der Waals surface area contributed by atoms with E-state index in [1.54, 1.807) is 0 Å². The van der Waals surface area contributed by atoms with E-state index in [0.717, 1.165) is 87.6 Å². The molecule has 12 aromatic rings. The third-order valence-electron chi connectivity index (χ3n) is 17.1. The van der Waals surface area contributed by atoms with Crippen LogP contribution in [-0.2, 0) is 9.13 Å². The summed E-state index contributed by atoms with van der Waals surface area (Å²) < 4.78 is 64.9. The minimum atomic E-state index is -5.11. The predicted molar refractivity (Wildman–Crippen MR) is 353 cm³/mol. The number of fused-ring (bicyclic) bond motifs is 14. The van der Waals surface area contributed by atoms with Gasteiger partial charge in [0.1, 0.15) is 23.0 Å². The molecular formula is C76H65NO6P2. The van der Waals surface area contributed by atoms with Crippen LogP contribution < -0.4 is 23.0 Å². The van der Waals surface area contributed by atoms with E-state index in [0.29, 0.717) is 67.5 Å². The average molecular weight is 1150 g/mol. The Hall–Kier alpha value is -8.70. The third-order valence-corrected chi connectivity index (χ3v) is 20.7. The maximum Gasteiger partial charge on any atom is 0.524 e. The van der Waals surface area contributed by atoms with Crippen molar-refractivity contribution >= 4 is 58.6 Å². The summed E-state index contributed by atoms with van der Waals surface area (Å²) in [7, 11) is -10.2. The van der Waals surface area contributed by atoms with Gasteiger partial charge in [-0.2, -0.15) is 0 Å². The van der Waals surface area contributed by atoms with Crippen molar-refractivity contribution in [1.82, 2.24) is 4.86 Å². The molecule has 2 aliphatic rings. The third kappa shape index (κ3) is 9.24. The maximum absolute atomic E-state index is 17.6. The number of hydrogen-bond donors (Lipinski definition) is 1. The Balaban J connectivity index is 1.11. The van der Waals surface area contributed by atoms with Crippen LogP contribution in [0.1, 0.15) is 101 Å². The second-order valence-corrected chi connectivity index (χ2v) is 27.3. The highest BCUT2D eigenvalue weighted by atomic mass is 31.3. The Labute approximate surface area is 497 Å². The largest absolute Gasteiger partial charge is 0.524 e. The summed E-state index contributed by atoms with van der Waals surface area (Å²) in [5.74, 6) is 1.60.